The Morgan fingerprint density at radius 1 is 1.10 bits per heavy atom. The highest BCUT2D eigenvalue weighted by molar-refractivity contribution is 7.20. The molecule has 0 amide bonds. The lowest BCUT2D eigenvalue weighted by atomic mass is 10.2. The highest BCUT2D eigenvalue weighted by Crippen LogP contribution is 2.40. The summed E-state index contributed by atoms with van der Waals surface area (Å²) in [6, 6.07) is 13.4. The molecule has 0 unspecified atom stereocenters. The van der Waals surface area contributed by atoms with E-state index in [-0.39, 0.29) is 11.3 Å². The molecule has 0 saturated carbocycles. The Balaban J connectivity index is 1.49. The second-order valence-corrected chi connectivity index (χ2v) is 8.24. The molecule has 0 N–H and O–H groups in total. The molecule has 7 nitrogen and oxygen atoms in total. The molecule has 0 atom stereocenters. The van der Waals surface area contributed by atoms with Crippen molar-refractivity contribution in [3.05, 3.63) is 64.2 Å². The number of thiophene rings is 1. The highest BCUT2D eigenvalue weighted by atomic mass is 32.1. The molecule has 0 spiro atoms. The Kier molecular flexibility index (Phi) is 5.35. The number of fused-ring (bicyclic) bond motifs is 1. The molecule has 30 heavy (non-hydrogen) atoms. The van der Waals surface area contributed by atoms with Crippen LogP contribution in [-0.2, 0) is 9.53 Å². The molecule has 3 heterocycles. The van der Waals surface area contributed by atoms with Crippen molar-refractivity contribution in [1.29, 1.82) is 5.26 Å². The molecule has 0 saturated heterocycles. The van der Waals surface area contributed by atoms with Gasteiger partial charge in [-0.1, -0.05) is 18.2 Å². The number of ketones is 1. The summed E-state index contributed by atoms with van der Waals surface area (Å²) in [7, 11) is 3.57. The summed E-state index contributed by atoms with van der Waals surface area (Å²) in [6.07, 6.45) is 0. The van der Waals surface area contributed by atoms with Gasteiger partial charge in [0.25, 0.3) is 0 Å². The number of hydrogen-bond donors (Lipinski definition) is 0. The zero-order valence-corrected chi connectivity index (χ0v) is 17.8. The molecule has 0 aliphatic carbocycles. The first-order chi connectivity index (χ1) is 14.5. The van der Waals surface area contributed by atoms with Gasteiger partial charge >= 0.3 is 5.97 Å². The summed E-state index contributed by atoms with van der Waals surface area (Å²) >= 11 is 2.86. The number of anilines is 2. The van der Waals surface area contributed by atoms with E-state index in [4.69, 9.17) is 4.74 Å². The quantitative estimate of drug-likeness (QED) is 0.340. The number of rotatable bonds is 5. The van der Waals surface area contributed by atoms with Crippen LogP contribution in [0.5, 0.6) is 0 Å². The van der Waals surface area contributed by atoms with Gasteiger partial charge in [-0.2, -0.15) is 5.26 Å². The van der Waals surface area contributed by atoms with Crippen LogP contribution in [0.25, 0.3) is 9.88 Å². The highest BCUT2D eigenvalue weighted by Gasteiger charge is 2.31. The van der Waals surface area contributed by atoms with Crippen molar-refractivity contribution in [2.75, 3.05) is 30.5 Å². The first-order valence-corrected chi connectivity index (χ1v) is 10.7. The monoisotopic (exact) mass is 436 g/mol. The number of carbonyl (C=O) groups excluding carboxylic acids is 2. The lowest BCUT2D eigenvalue weighted by Gasteiger charge is -2.19. The van der Waals surface area contributed by atoms with Crippen molar-refractivity contribution < 1.29 is 14.3 Å². The van der Waals surface area contributed by atoms with E-state index in [1.807, 2.05) is 47.8 Å². The maximum Gasteiger partial charge on any atom is 0.358 e. The van der Waals surface area contributed by atoms with Gasteiger partial charge in [0.05, 0.1) is 16.3 Å². The second kappa shape index (κ2) is 8.10. The minimum absolute atomic E-state index is 0.0680. The van der Waals surface area contributed by atoms with E-state index in [0.29, 0.717) is 5.82 Å². The molecule has 1 aliphatic heterocycles. The lowest BCUT2D eigenvalue weighted by Crippen LogP contribution is -2.27. The molecule has 2 aromatic heterocycles. The number of benzene rings is 1. The Labute approximate surface area is 181 Å². The molecule has 0 radical (unpaired) electrons. The lowest BCUT2D eigenvalue weighted by molar-refractivity contribution is -0.118. The van der Waals surface area contributed by atoms with Gasteiger partial charge in [-0.25, -0.2) is 9.78 Å². The largest absolute Gasteiger partial charge is 0.453 e. The summed E-state index contributed by atoms with van der Waals surface area (Å²) in [4.78, 5) is 33.8. The summed E-state index contributed by atoms with van der Waals surface area (Å²) in [6.45, 7) is -0.533. The van der Waals surface area contributed by atoms with Crippen LogP contribution in [0.4, 0.5) is 11.4 Å². The fourth-order valence-corrected chi connectivity index (χ4v) is 4.82. The van der Waals surface area contributed by atoms with E-state index < -0.39 is 18.4 Å². The van der Waals surface area contributed by atoms with Crippen molar-refractivity contribution in [1.82, 2.24) is 4.98 Å². The van der Waals surface area contributed by atoms with Gasteiger partial charge in [0.15, 0.2) is 12.3 Å². The third-order valence-electron chi connectivity index (χ3n) is 4.63. The molecular weight excluding hydrogens is 420 g/mol. The molecule has 9 heteroatoms. The standard InChI is InChI=1S/C21H16N4O3S2/c1-24-15-6-3-4-7-16(15)25(2)20(24)13(10-22)17(26)11-28-21(27)14-12-30-19(23-14)18-8-5-9-29-18/h3-9,12H,11H2,1-2H3. The van der Waals surface area contributed by atoms with E-state index >= 15 is 0 Å². The average molecular weight is 437 g/mol. The van der Waals surface area contributed by atoms with E-state index in [0.717, 1.165) is 21.3 Å². The number of aromatic nitrogens is 1. The van der Waals surface area contributed by atoms with Crippen LogP contribution in [0.2, 0.25) is 0 Å². The fourth-order valence-electron chi connectivity index (χ4n) is 3.22. The summed E-state index contributed by atoms with van der Waals surface area (Å²) in [5.41, 5.74) is 1.85. The average Bonchev–Trinajstić information content (AvgIpc) is 3.50. The van der Waals surface area contributed by atoms with Gasteiger partial charge in [0.1, 0.15) is 22.5 Å². The predicted molar refractivity (Wildman–Crippen MR) is 117 cm³/mol. The molecule has 0 fully saturated rings. The number of esters is 1. The van der Waals surface area contributed by atoms with Crippen LogP contribution in [0, 0.1) is 11.3 Å². The fraction of sp³-hybridized carbons (Fsp3) is 0.143. The van der Waals surface area contributed by atoms with E-state index in [1.54, 1.807) is 29.3 Å². The maximum atomic E-state index is 12.7. The number of nitriles is 1. The Hall–Kier alpha value is -3.48. The van der Waals surface area contributed by atoms with Crippen molar-refractivity contribution >= 4 is 45.8 Å². The van der Waals surface area contributed by atoms with E-state index in [9.17, 15) is 14.9 Å². The van der Waals surface area contributed by atoms with E-state index in [2.05, 4.69) is 4.98 Å². The molecular formula is C21H16N4O3S2. The number of para-hydroxylation sites is 2. The smallest absolute Gasteiger partial charge is 0.358 e. The van der Waals surface area contributed by atoms with Crippen molar-refractivity contribution in [3.63, 3.8) is 0 Å². The van der Waals surface area contributed by atoms with Gasteiger partial charge < -0.3 is 14.5 Å². The number of nitrogens with zero attached hydrogens (tertiary/aromatic N) is 4. The Morgan fingerprint density at radius 2 is 1.80 bits per heavy atom. The SMILES string of the molecule is CN1C(=C(C#N)C(=O)COC(=O)c2csc(-c3cccs3)n2)N(C)c2ccccc21. The number of Topliss-reactive ketones (excluding diaryl/α,β-unsaturated/α-hetero) is 1. The first kappa shape index (κ1) is 19.8. The summed E-state index contributed by atoms with van der Waals surface area (Å²) < 4.78 is 5.15. The molecule has 1 aromatic carbocycles. The van der Waals surface area contributed by atoms with Gasteiger partial charge in [-0.3, -0.25) is 4.79 Å². The van der Waals surface area contributed by atoms with Crippen molar-refractivity contribution in [2.24, 2.45) is 0 Å². The molecule has 150 valence electrons. The molecule has 3 aromatic rings. The van der Waals surface area contributed by atoms with Gasteiger partial charge in [0, 0.05) is 19.5 Å². The Morgan fingerprint density at radius 3 is 2.40 bits per heavy atom. The number of carbonyl (C=O) groups is 2. The van der Waals surface area contributed by atoms with Crippen LogP contribution in [0.1, 0.15) is 10.5 Å². The van der Waals surface area contributed by atoms with Crippen LogP contribution in [0.15, 0.2) is 58.6 Å². The number of ether oxygens (including phenoxy) is 1. The topological polar surface area (TPSA) is 86.5 Å². The zero-order valence-electron chi connectivity index (χ0n) is 16.2. The zero-order chi connectivity index (χ0) is 21.3. The van der Waals surface area contributed by atoms with Gasteiger partial charge in [-0.15, -0.1) is 22.7 Å². The van der Waals surface area contributed by atoms with Gasteiger partial charge in [0.2, 0.25) is 5.78 Å². The predicted octanol–water partition coefficient (Wildman–Crippen LogP) is 3.92. The molecule has 4 rings (SSSR count). The maximum absolute atomic E-state index is 12.7. The van der Waals surface area contributed by atoms with Crippen LogP contribution >= 0.6 is 22.7 Å². The molecule has 0 bridgehead atoms. The normalized spacial score (nSPS) is 12.5. The molecule has 1 aliphatic rings. The number of hydrogen-bond acceptors (Lipinski definition) is 9. The van der Waals surface area contributed by atoms with E-state index in [1.165, 1.54) is 22.7 Å². The first-order valence-electron chi connectivity index (χ1n) is 8.92. The minimum atomic E-state index is -0.693. The summed E-state index contributed by atoms with van der Waals surface area (Å²) in [5, 5.41) is 13.9. The number of thiazole rings is 1. The van der Waals surface area contributed by atoms with Crippen LogP contribution < -0.4 is 9.80 Å². The van der Waals surface area contributed by atoms with Crippen molar-refractivity contribution in [3.8, 4) is 16.0 Å². The van der Waals surface area contributed by atoms with Gasteiger partial charge in [-0.05, 0) is 23.6 Å². The van der Waals surface area contributed by atoms with Crippen LogP contribution in [0.3, 0.4) is 0 Å². The Bertz CT molecular complexity index is 1160. The van der Waals surface area contributed by atoms with Crippen LogP contribution in [-0.4, -0.2) is 37.4 Å². The second-order valence-electron chi connectivity index (χ2n) is 6.43. The third kappa shape index (κ3) is 3.47. The summed E-state index contributed by atoms with van der Waals surface area (Å²) in [5.74, 6) is -0.810. The third-order valence-corrected chi connectivity index (χ3v) is 6.52. The minimum Gasteiger partial charge on any atom is -0.453 e. The van der Waals surface area contributed by atoms with Crippen molar-refractivity contribution in [2.45, 2.75) is 0 Å².